The zero-order chi connectivity index (χ0) is 25.5. The van der Waals surface area contributed by atoms with E-state index in [9.17, 15) is 14.7 Å². The molecule has 0 saturated carbocycles. The molecule has 0 saturated heterocycles. The van der Waals surface area contributed by atoms with Crippen molar-refractivity contribution in [1.29, 1.82) is 0 Å². The summed E-state index contributed by atoms with van der Waals surface area (Å²) < 4.78 is 2.19. The number of unbranched alkanes of at least 4 members (excludes halogenated alkanes) is 1. The quantitative estimate of drug-likeness (QED) is 0.238. The van der Waals surface area contributed by atoms with Crippen molar-refractivity contribution in [3.63, 3.8) is 0 Å². The number of imidazole rings is 1. The van der Waals surface area contributed by atoms with Gasteiger partial charge in [-0.15, -0.1) is 6.58 Å². The number of fused-ring (bicyclic) bond motifs is 1. The van der Waals surface area contributed by atoms with Crippen molar-refractivity contribution in [2.45, 2.75) is 32.7 Å². The number of aryl methyl sites for hydroxylation is 1. The fraction of sp³-hybridized carbons (Fsp3) is 0.207. The smallest absolute Gasteiger partial charge is 0.336 e. The number of carbonyl (C=O) groups is 2. The van der Waals surface area contributed by atoms with Crippen LogP contribution >= 0.6 is 0 Å². The first-order valence-electron chi connectivity index (χ1n) is 12.1. The van der Waals surface area contributed by atoms with E-state index < -0.39 is 5.97 Å². The molecule has 3 aromatic carbocycles. The number of anilines is 1. The summed E-state index contributed by atoms with van der Waals surface area (Å²) in [5, 5.41) is 15.1. The molecule has 7 heteroatoms. The number of urea groups is 1. The number of aromatic nitrogens is 2. The first-order valence-corrected chi connectivity index (χ1v) is 12.1. The third-order valence-corrected chi connectivity index (χ3v) is 6.01. The molecule has 0 radical (unpaired) electrons. The molecule has 0 unspecified atom stereocenters. The van der Waals surface area contributed by atoms with Gasteiger partial charge in [-0.3, -0.25) is 0 Å². The zero-order valence-electron chi connectivity index (χ0n) is 20.3. The highest BCUT2D eigenvalue weighted by Crippen LogP contribution is 2.26. The van der Waals surface area contributed by atoms with E-state index in [1.54, 1.807) is 18.2 Å². The molecule has 184 valence electrons. The number of benzene rings is 3. The largest absolute Gasteiger partial charge is 0.478 e. The lowest BCUT2D eigenvalue weighted by atomic mass is 9.99. The van der Waals surface area contributed by atoms with Gasteiger partial charge in [0.25, 0.3) is 0 Å². The molecule has 1 heterocycles. The van der Waals surface area contributed by atoms with Gasteiger partial charge in [-0.2, -0.15) is 0 Å². The van der Waals surface area contributed by atoms with Gasteiger partial charge in [-0.05, 0) is 47.4 Å². The molecule has 4 rings (SSSR count). The number of rotatable bonds is 10. The summed E-state index contributed by atoms with van der Waals surface area (Å²) >= 11 is 0. The normalized spacial score (nSPS) is 10.8. The highest BCUT2D eigenvalue weighted by molar-refractivity contribution is 5.96. The number of carbonyl (C=O) groups excluding carboxylic acids is 1. The fourth-order valence-corrected chi connectivity index (χ4v) is 4.19. The number of aromatic carboxylic acids is 1. The number of carboxylic acids is 1. The Morgan fingerprint density at radius 2 is 1.86 bits per heavy atom. The fourth-order valence-electron chi connectivity index (χ4n) is 4.19. The van der Waals surface area contributed by atoms with Crippen LogP contribution in [-0.4, -0.2) is 33.2 Å². The van der Waals surface area contributed by atoms with Gasteiger partial charge >= 0.3 is 12.0 Å². The summed E-state index contributed by atoms with van der Waals surface area (Å²) in [4.78, 5) is 28.6. The Balaban J connectivity index is 1.64. The Kier molecular flexibility index (Phi) is 7.80. The number of hydrogen-bond donors (Lipinski definition) is 3. The molecule has 0 atom stereocenters. The number of amides is 2. The van der Waals surface area contributed by atoms with E-state index in [1.807, 2.05) is 54.6 Å². The third kappa shape index (κ3) is 5.63. The van der Waals surface area contributed by atoms with E-state index in [0.29, 0.717) is 24.3 Å². The van der Waals surface area contributed by atoms with E-state index in [1.165, 1.54) is 0 Å². The second kappa shape index (κ2) is 11.4. The highest BCUT2D eigenvalue weighted by atomic mass is 16.4. The van der Waals surface area contributed by atoms with Gasteiger partial charge in [0.05, 0.1) is 16.6 Å². The molecule has 0 aliphatic rings. The molecule has 1 aromatic heterocycles. The van der Waals surface area contributed by atoms with E-state index in [4.69, 9.17) is 4.98 Å². The maximum absolute atomic E-state index is 12.1. The number of carboxylic acid groups (broad SMARTS) is 1. The first kappa shape index (κ1) is 24.7. The summed E-state index contributed by atoms with van der Waals surface area (Å²) in [6.45, 7) is 6.77. The van der Waals surface area contributed by atoms with Crippen molar-refractivity contribution >= 4 is 28.7 Å². The van der Waals surface area contributed by atoms with Gasteiger partial charge in [-0.1, -0.05) is 61.9 Å². The highest BCUT2D eigenvalue weighted by Gasteiger charge is 2.14. The molecule has 0 bridgehead atoms. The van der Waals surface area contributed by atoms with E-state index in [0.717, 1.165) is 47.2 Å². The van der Waals surface area contributed by atoms with Crippen LogP contribution in [0, 0.1) is 0 Å². The minimum atomic E-state index is -0.942. The van der Waals surface area contributed by atoms with Gasteiger partial charge in [0.2, 0.25) is 0 Å². The van der Waals surface area contributed by atoms with Crippen LogP contribution in [0.5, 0.6) is 0 Å². The molecule has 0 fully saturated rings. The van der Waals surface area contributed by atoms with Crippen molar-refractivity contribution in [3.05, 3.63) is 96.3 Å². The average molecular weight is 483 g/mol. The van der Waals surface area contributed by atoms with Crippen molar-refractivity contribution < 1.29 is 14.7 Å². The van der Waals surface area contributed by atoms with Crippen LogP contribution in [0.3, 0.4) is 0 Å². The molecule has 0 spiro atoms. The maximum Gasteiger partial charge on any atom is 0.336 e. The van der Waals surface area contributed by atoms with Gasteiger partial charge in [0.1, 0.15) is 5.82 Å². The summed E-state index contributed by atoms with van der Waals surface area (Å²) in [7, 11) is 0. The van der Waals surface area contributed by atoms with Crippen LogP contribution in [0.1, 0.15) is 41.5 Å². The summed E-state index contributed by atoms with van der Waals surface area (Å²) in [6.07, 6.45) is 4.59. The SMILES string of the molecule is C=CCNC(=O)Nc1ccc2nc(CCCC)n(Cc3ccc(-c4ccccc4C(=O)O)cc3)c2c1. The molecule has 2 amide bonds. The lowest BCUT2D eigenvalue weighted by molar-refractivity contribution is 0.0697. The minimum absolute atomic E-state index is 0.282. The zero-order valence-corrected chi connectivity index (χ0v) is 20.3. The second-order valence-corrected chi connectivity index (χ2v) is 8.59. The monoisotopic (exact) mass is 482 g/mol. The summed E-state index contributed by atoms with van der Waals surface area (Å²) in [5.41, 5.74) is 5.42. The lowest BCUT2D eigenvalue weighted by Gasteiger charge is -2.12. The van der Waals surface area contributed by atoms with Crippen LogP contribution in [-0.2, 0) is 13.0 Å². The summed E-state index contributed by atoms with van der Waals surface area (Å²) in [5.74, 6) is 0.0584. The molecule has 0 aliphatic carbocycles. The van der Waals surface area contributed by atoms with Gasteiger partial charge in [-0.25, -0.2) is 14.6 Å². The Morgan fingerprint density at radius 3 is 2.58 bits per heavy atom. The predicted octanol–water partition coefficient (Wildman–Crippen LogP) is 6.10. The predicted molar refractivity (Wildman–Crippen MR) is 144 cm³/mol. The standard InChI is InChI=1S/C29H30N4O3/c1-3-5-10-27-32-25-16-15-22(31-29(36)30-17-4-2)18-26(25)33(27)19-20-11-13-21(14-12-20)23-8-6-7-9-24(23)28(34)35/h4,6-9,11-16,18H,2-3,5,10,17,19H2,1H3,(H,34,35)(H2,30,31,36). The average Bonchev–Trinajstić information content (AvgIpc) is 3.23. The van der Waals surface area contributed by atoms with E-state index >= 15 is 0 Å². The minimum Gasteiger partial charge on any atom is -0.478 e. The van der Waals surface area contributed by atoms with Crippen molar-refractivity contribution in [1.82, 2.24) is 14.9 Å². The molecule has 7 nitrogen and oxygen atoms in total. The van der Waals surface area contributed by atoms with Crippen LogP contribution in [0.15, 0.2) is 79.4 Å². The van der Waals surface area contributed by atoms with Crippen LogP contribution in [0.25, 0.3) is 22.2 Å². The number of nitrogens with one attached hydrogen (secondary N) is 2. The Hall–Kier alpha value is -4.39. The molecule has 3 N–H and O–H groups in total. The van der Waals surface area contributed by atoms with Crippen LogP contribution in [0.2, 0.25) is 0 Å². The van der Waals surface area contributed by atoms with Gasteiger partial charge in [0.15, 0.2) is 0 Å². The maximum atomic E-state index is 12.1. The molecule has 0 aliphatic heterocycles. The molecular formula is C29H30N4O3. The lowest BCUT2D eigenvalue weighted by Crippen LogP contribution is -2.28. The second-order valence-electron chi connectivity index (χ2n) is 8.59. The number of hydrogen-bond acceptors (Lipinski definition) is 3. The summed E-state index contributed by atoms with van der Waals surface area (Å²) in [6, 6.07) is 20.4. The van der Waals surface area contributed by atoms with E-state index in [2.05, 4.69) is 28.7 Å². The van der Waals surface area contributed by atoms with Gasteiger partial charge in [0, 0.05) is 25.2 Å². The Bertz CT molecular complexity index is 1390. The van der Waals surface area contributed by atoms with Crippen molar-refractivity contribution in [2.24, 2.45) is 0 Å². The third-order valence-electron chi connectivity index (χ3n) is 6.01. The number of nitrogens with zero attached hydrogens (tertiary/aromatic N) is 2. The Labute approximate surface area is 210 Å². The molecular weight excluding hydrogens is 452 g/mol. The first-order chi connectivity index (χ1) is 17.5. The molecule has 4 aromatic rings. The topological polar surface area (TPSA) is 96.3 Å². The van der Waals surface area contributed by atoms with Gasteiger partial charge < -0.3 is 20.3 Å². The Morgan fingerprint density at radius 1 is 1.08 bits per heavy atom. The van der Waals surface area contributed by atoms with Crippen molar-refractivity contribution in [2.75, 3.05) is 11.9 Å². The van der Waals surface area contributed by atoms with Crippen molar-refractivity contribution in [3.8, 4) is 11.1 Å². The van der Waals surface area contributed by atoms with Crippen LogP contribution < -0.4 is 10.6 Å². The van der Waals surface area contributed by atoms with E-state index in [-0.39, 0.29) is 11.6 Å². The molecule has 36 heavy (non-hydrogen) atoms. The van der Waals surface area contributed by atoms with Crippen LogP contribution in [0.4, 0.5) is 10.5 Å².